The van der Waals surface area contributed by atoms with E-state index in [1.807, 2.05) is 24.3 Å². The summed E-state index contributed by atoms with van der Waals surface area (Å²) in [6.07, 6.45) is 2.27. The quantitative estimate of drug-likeness (QED) is 0.553. The number of rotatable bonds is 2. The molecule has 0 spiro atoms. The minimum atomic E-state index is -0.231. The number of hydrogen-bond acceptors (Lipinski definition) is 3. The van der Waals surface area contributed by atoms with E-state index in [1.54, 1.807) is 7.05 Å². The predicted octanol–water partition coefficient (Wildman–Crippen LogP) is 2.61. The average molecular weight is 379 g/mol. The Morgan fingerprint density at radius 3 is 2.77 bits per heavy atom. The van der Waals surface area contributed by atoms with Gasteiger partial charge in [-0.3, -0.25) is 20.6 Å². The van der Waals surface area contributed by atoms with Gasteiger partial charge in [-0.2, -0.15) is 0 Å². The molecule has 1 fully saturated rings. The van der Waals surface area contributed by atoms with Crippen molar-refractivity contribution in [2.24, 2.45) is 0 Å². The molecule has 7 heteroatoms. The summed E-state index contributed by atoms with van der Waals surface area (Å²) >= 11 is 8.40. The minimum absolute atomic E-state index is 0.231. The van der Waals surface area contributed by atoms with Crippen molar-refractivity contribution < 1.29 is 4.79 Å². The molecule has 22 heavy (non-hydrogen) atoms. The van der Waals surface area contributed by atoms with Gasteiger partial charge in [-0.25, -0.2) is 0 Å². The normalized spacial score (nSPS) is 13.7. The SMILES string of the molecule is CNC(=S)NNC(=O)c1cc(C2CC2)nc2ccc(Br)cc12. The van der Waals surface area contributed by atoms with Crippen LogP contribution in [0.1, 0.15) is 34.8 Å². The first kappa shape index (κ1) is 15.2. The third-order valence-corrected chi connectivity index (χ3v) is 4.35. The number of halogens is 1. The smallest absolute Gasteiger partial charge is 0.270 e. The Hall–Kier alpha value is -1.73. The molecule has 0 bridgehead atoms. The van der Waals surface area contributed by atoms with Crippen molar-refractivity contribution in [1.29, 1.82) is 0 Å². The van der Waals surface area contributed by atoms with Gasteiger partial charge < -0.3 is 5.32 Å². The molecule has 0 radical (unpaired) electrons. The molecule has 0 atom stereocenters. The summed E-state index contributed by atoms with van der Waals surface area (Å²) in [5.41, 5.74) is 7.68. The molecule has 1 aromatic heterocycles. The van der Waals surface area contributed by atoms with E-state index in [1.165, 1.54) is 0 Å². The summed E-state index contributed by atoms with van der Waals surface area (Å²) < 4.78 is 0.911. The zero-order chi connectivity index (χ0) is 15.7. The lowest BCUT2D eigenvalue weighted by Gasteiger charge is -2.12. The second-order valence-electron chi connectivity index (χ2n) is 5.19. The van der Waals surface area contributed by atoms with Gasteiger partial charge in [0.2, 0.25) is 0 Å². The third-order valence-electron chi connectivity index (χ3n) is 3.55. The molecule has 1 aliphatic carbocycles. The fraction of sp³-hybridized carbons (Fsp3) is 0.267. The monoisotopic (exact) mass is 378 g/mol. The Bertz CT molecular complexity index is 761. The molecule has 1 aromatic carbocycles. The van der Waals surface area contributed by atoms with Crippen LogP contribution in [0.15, 0.2) is 28.7 Å². The van der Waals surface area contributed by atoms with Gasteiger partial charge in [0.1, 0.15) is 0 Å². The van der Waals surface area contributed by atoms with E-state index in [-0.39, 0.29) is 5.91 Å². The van der Waals surface area contributed by atoms with E-state index in [0.717, 1.165) is 33.9 Å². The molecule has 0 saturated heterocycles. The Morgan fingerprint density at radius 1 is 1.32 bits per heavy atom. The van der Waals surface area contributed by atoms with Crippen LogP contribution in [0.3, 0.4) is 0 Å². The number of nitrogens with zero attached hydrogens (tertiary/aromatic N) is 1. The van der Waals surface area contributed by atoms with Crippen molar-refractivity contribution in [3.05, 3.63) is 40.0 Å². The zero-order valence-corrected chi connectivity index (χ0v) is 14.3. The molecule has 2 aromatic rings. The van der Waals surface area contributed by atoms with Crippen LogP contribution in [0.2, 0.25) is 0 Å². The molecule has 5 nitrogen and oxygen atoms in total. The number of carbonyl (C=O) groups is 1. The second-order valence-corrected chi connectivity index (χ2v) is 6.51. The van der Waals surface area contributed by atoms with Crippen molar-refractivity contribution in [2.45, 2.75) is 18.8 Å². The highest BCUT2D eigenvalue weighted by molar-refractivity contribution is 9.10. The van der Waals surface area contributed by atoms with Gasteiger partial charge >= 0.3 is 0 Å². The third kappa shape index (κ3) is 3.20. The van der Waals surface area contributed by atoms with Gasteiger partial charge in [0.15, 0.2) is 5.11 Å². The second kappa shape index (κ2) is 6.18. The van der Waals surface area contributed by atoms with Crippen LogP contribution < -0.4 is 16.2 Å². The zero-order valence-electron chi connectivity index (χ0n) is 11.9. The van der Waals surface area contributed by atoms with Crippen LogP contribution in [-0.2, 0) is 0 Å². The first-order valence-electron chi connectivity index (χ1n) is 6.96. The average Bonchev–Trinajstić information content (AvgIpc) is 3.36. The molecule has 0 unspecified atom stereocenters. The van der Waals surface area contributed by atoms with E-state index in [0.29, 0.717) is 16.6 Å². The topological polar surface area (TPSA) is 66.0 Å². The van der Waals surface area contributed by atoms with Gasteiger partial charge in [-0.15, -0.1) is 0 Å². The molecular formula is C15H15BrN4OS. The van der Waals surface area contributed by atoms with Gasteiger partial charge in [-0.1, -0.05) is 15.9 Å². The lowest BCUT2D eigenvalue weighted by atomic mass is 10.1. The van der Waals surface area contributed by atoms with Crippen molar-refractivity contribution in [2.75, 3.05) is 7.05 Å². The van der Waals surface area contributed by atoms with Crippen molar-refractivity contribution in [3.8, 4) is 0 Å². The van der Waals surface area contributed by atoms with E-state index in [2.05, 4.69) is 37.1 Å². The molecule has 114 valence electrons. The van der Waals surface area contributed by atoms with E-state index in [9.17, 15) is 4.79 Å². The lowest BCUT2D eigenvalue weighted by molar-refractivity contribution is 0.0945. The van der Waals surface area contributed by atoms with Gasteiger partial charge in [-0.05, 0) is 49.3 Å². The van der Waals surface area contributed by atoms with Crippen molar-refractivity contribution in [1.82, 2.24) is 21.2 Å². The number of nitrogens with one attached hydrogen (secondary N) is 3. The van der Waals surface area contributed by atoms with E-state index < -0.39 is 0 Å². The molecule has 1 amide bonds. The number of hydrazine groups is 1. The molecule has 3 N–H and O–H groups in total. The molecule has 1 heterocycles. The molecule has 1 saturated carbocycles. The van der Waals surface area contributed by atoms with Crippen LogP contribution in [-0.4, -0.2) is 23.1 Å². The Morgan fingerprint density at radius 2 is 2.09 bits per heavy atom. The summed E-state index contributed by atoms with van der Waals surface area (Å²) in [6, 6.07) is 7.64. The van der Waals surface area contributed by atoms with Crippen LogP contribution in [0, 0.1) is 0 Å². The first-order chi connectivity index (χ1) is 10.6. The highest BCUT2D eigenvalue weighted by Crippen LogP contribution is 2.40. The van der Waals surface area contributed by atoms with Crippen molar-refractivity contribution >= 4 is 50.1 Å². The Kier molecular flexibility index (Phi) is 4.26. The number of pyridine rings is 1. The number of benzene rings is 1. The summed E-state index contributed by atoms with van der Waals surface area (Å²) in [5, 5.41) is 3.91. The number of thiocarbonyl (C=S) groups is 1. The number of fused-ring (bicyclic) bond motifs is 1. The van der Waals surface area contributed by atoms with Crippen LogP contribution in [0.5, 0.6) is 0 Å². The fourth-order valence-electron chi connectivity index (χ4n) is 2.24. The van der Waals surface area contributed by atoms with Gasteiger partial charge in [0.05, 0.1) is 11.1 Å². The van der Waals surface area contributed by atoms with E-state index >= 15 is 0 Å². The standard InChI is InChI=1S/C15H15BrN4OS/c1-17-15(22)20-19-14(21)11-7-13(8-2-3-8)18-12-5-4-9(16)6-10(11)12/h4-8H,2-3H2,1H3,(H,19,21)(H2,17,20,22). The maximum Gasteiger partial charge on any atom is 0.270 e. The number of hydrogen-bond donors (Lipinski definition) is 3. The van der Waals surface area contributed by atoms with Crippen molar-refractivity contribution in [3.63, 3.8) is 0 Å². The maximum absolute atomic E-state index is 12.5. The Labute approximate surface area is 142 Å². The number of amides is 1. The fourth-order valence-corrected chi connectivity index (χ4v) is 2.65. The summed E-state index contributed by atoms with van der Waals surface area (Å²) in [5.74, 6) is 0.246. The van der Waals surface area contributed by atoms with Crippen LogP contribution in [0.25, 0.3) is 10.9 Å². The molecule has 0 aliphatic heterocycles. The number of carbonyl (C=O) groups excluding carboxylic acids is 1. The van der Waals surface area contributed by atoms with Crippen LogP contribution in [0.4, 0.5) is 0 Å². The number of aromatic nitrogens is 1. The summed E-state index contributed by atoms with van der Waals surface area (Å²) in [7, 11) is 1.69. The van der Waals surface area contributed by atoms with Crippen LogP contribution >= 0.6 is 28.1 Å². The maximum atomic E-state index is 12.5. The molecule has 3 rings (SSSR count). The summed E-state index contributed by atoms with van der Waals surface area (Å²) in [6.45, 7) is 0. The van der Waals surface area contributed by atoms with E-state index in [4.69, 9.17) is 12.2 Å². The predicted molar refractivity (Wildman–Crippen MR) is 93.7 cm³/mol. The first-order valence-corrected chi connectivity index (χ1v) is 8.17. The molecule has 1 aliphatic rings. The highest BCUT2D eigenvalue weighted by Gasteiger charge is 2.27. The Balaban J connectivity index is 1.99. The highest BCUT2D eigenvalue weighted by atomic mass is 79.9. The largest absolute Gasteiger partial charge is 0.364 e. The summed E-state index contributed by atoms with van der Waals surface area (Å²) in [4.78, 5) is 17.2. The minimum Gasteiger partial charge on any atom is -0.364 e. The molecular weight excluding hydrogens is 364 g/mol. The van der Waals surface area contributed by atoms with Gasteiger partial charge in [0, 0.05) is 28.5 Å². The lowest BCUT2D eigenvalue weighted by Crippen LogP contribution is -2.45. The van der Waals surface area contributed by atoms with Gasteiger partial charge in [0.25, 0.3) is 5.91 Å².